The third kappa shape index (κ3) is 2.68. The van der Waals surface area contributed by atoms with Crippen LogP contribution < -0.4 is 0 Å². The Morgan fingerprint density at radius 1 is 1.00 bits per heavy atom. The van der Waals surface area contributed by atoms with Crippen molar-refractivity contribution in [2.45, 2.75) is 11.8 Å². The Bertz CT molecular complexity index is 651. The average molecular weight is 264 g/mol. The van der Waals surface area contributed by atoms with Gasteiger partial charge in [-0.3, -0.25) is 0 Å². The van der Waals surface area contributed by atoms with E-state index >= 15 is 0 Å². The van der Waals surface area contributed by atoms with Gasteiger partial charge < -0.3 is 4.72 Å². The molecule has 94 valence electrons. The van der Waals surface area contributed by atoms with E-state index in [9.17, 15) is 12.8 Å². The minimum atomic E-state index is -3.87. The largest absolute Gasteiger partial charge is 0.570 e. The van der Waals surface area contributed by atoms with Crippen LogP contribution in [0.25, 0.3) is 4.72 Å². The number of rotatable bonds is 3. The van der Waals surface area contributed by atoms with Gasteiger partial charge in [-0.15, -0.1) is 0 Å². The van der Waals surface area contributed by atoms with E-state index in [1.807, 2.05) is 6.92 Å². The zero-order valence-corrected chi connectivity index (χ0v) is 10.5. The van der Waals surface area contributed by atoms with Gasteiger partial charge in [0, 0.05) is 0 Å². The Kier molecular flexibility index (Phi) is 3.34. The Labute approximate surface area is 105 Å². The SMILES string of the molecule is Cc1ccc(S(=O)(=O)[N-]c2ccccc2F)cc1. The number of sulfonamides is 1. The molecule has 0 heterocycles. The van der Waals surface area contributed by atoms with Crippen LogP contribution in [0.3, 0.4) is 0 Å². The highest BCUT2D eigenvalue weighted by Gasteiger charge is 2.05. The van der Waals surface area contributed by atoms with Crippen LogP contribution in [-0.4, -0.2) is 8.42 Å². The van der Waals surface area contributed by atoms with Crippen molar-refractivity contribution in [3.63, 3.8) is 0 Å². The molecule has 0 saturated heterocycles. The fourth-order valence-corrected chi connectivity index (χ4v) is 2.41. The van der Waals surface area contributed by atoms with E-state index in [0.717, 1.165) is 5.56 Å². The zero-order chi connectivity index (χ0) is 13.2. The van der Waals surface area contributed by atoms with Gasteiger partial charge in [-0.1, -0.05) is 41.6 Å². The zero-order valence-electron chi connectivity index (χ0n) is 9.67. The van der Waals surface area contributed by atoms with Crippen LogP contribution in [0.1, 0.15) is 5.56 Å². The average Bonchev–Trinajstić information content (AvgIpc) is 2.32. The molecule has 0 saturated carbocycles. The highest BCUT2D eigenvalue weighted by Crippen LogP contribution is 2.29. The molecule has 0 unspecified atom stereocenters. The van der Waals surface area contributed by atoms with Crippen molar-refractivity contribution in [1.82, 2.24) is 0 Å². The molecule has 0 bridgehead atoms. The molecule has 2 aromatic rings. The molecule has 0 spiro atoms. The van der Waals surface area contributed by atoms with Gasteiger partial charge in [0.25, 0.3) is 0 Å². The van der Waals surface area contributed by atoms with Crippen LogP contribution in [0.4, 0.5) is 10.1 Å². The topological polar surface area (TPSA) is 48.2 Å². The molecule has 0 radical (unpaired) electrons. The van der Waals surface area contributed by atoms with Gasteiger partial charge in [-0.05, 0) is 25.1 Å². The number of benzene rings is 2. The molecule has 3 nitrogen and oxygen atoms in total. The Morgan fingerprint density at radius 3 is 2.22 bits per heavy atom. The first kappa shape index (κ1) is 12.6. The Hall–Kier alpha value is -1.88. The Morgan fingerprint density at radius 2 is 1.61 bits per heavy atom. The summed E-state index contributed by atoms with van der Waals surface area (Å²) in [6.45, 7) is 1.85. The summed E-state index contributed by atoms with van der Waals surface area (Å²) >= 11 is 0. The quantitative estimate of drug-likeness (QED) is 0.851. The summed E-state index contributed by atoms with van der Waals surface area (Å²) < 4.78 is 40.7. The number of halogens is 1. The van der Waals surface area contributed by atoms with Crippen molar-refractivity contribution < 1.29 is 12.8 Å². The van der Waals surface area contributed by atoms with Crippen molar-refractivity contribution in [2.75, 3.05) is 0 Å². The number of hydrogen-bond donors (Lipinski definition) is 0. The van der Waals surface area contributed by atoms with E-state index < -0.39 is 15.8 Å². The van der Waals surface area contributed by atoms with Crippen LogP contribution in [0.2, 0.25) is 0 Å². The van der Waals surface area contributed by atoms with Crippen molar-refractivity contribution in [2.24, 2.45) is 0 Å². The fraction of sp³-hybridized carbons (Fsp3) is 0.0769. The maximum absolute atomic E-state index is 13.3. The molecule has 0 N–H and O–H groups in total. The molecule has 0 aliphatic carbocycles. The van der Waals surface area contributed by atoms with Crippen molar-refractivity contribution in [3.05, 3.63) is 64.6 Å². The molecule has 2 aromatic carbocycles. The number of nitrogens with zero attached hydrogens (tertiary/aromatic N) is 1. The van der Waals surface area contributed by atoms with Crippen molar-refractivity contribution in [3.8, 4) is 0 Å². The van der Waals surface area contributed by atoms with Gasteiger partial charge >= 0.3 is 0 Å². The van der Waals surface area contributed by atoms with Crippen molar-refractivity contribution >= 4 is 15.7 Å². The minimum Gasteiger partial charge on any atom is -0.570 e. The summed E-state index contributed by atoms with van der Waals surface area (Å²) in [6.07, 6.45) is 0. The molecule has 18 heavy (non-hydrogen) atoms. The van der Waals surface area contributed by atoms with Crippen molar-refractivity contribution in [1.29, 1.82) is 0 Å². The lowest BCUT2D eigenvalue weighted by Gasteiger charge is -2.22. The predicted octanol–water partition coefficient (Wildman–Crippen LogP) is 3.53. The van der Waals surface area contributed by atoms with E-state index in [2.05, 4.69) is 4.72 Å². The van der Waals surface area contributed by atoms with Gasteiger partial charge in [0.15, 0.2) is 0 Å². The molecular formula is C13H11FNO2S-. The normalized spacial score (nSPS) is 11.2. The third-order valence-corrected chi connectivity index (χ3v) is 3.69. The van der Waals surface area contributed by atoms with E-state index in [1.165, 1.54) is 36.4 Å². The minimum absolute atomic E-state index is 0.0522. The van der Waals surface area contributed by atoms with Gasteiger partial charge in [-0.2, -0.15) is 0 Å². The first-order valence-corrected chi connectivity index (χ1v) is 6.72. The standard InChI is InChI=1S/C13H11FNO2S/c1-10-6-8-11(9-7-10)18(16,17)15-13-5-3-2-4-12(13)14/h2-9H,1H3/q-1. The number of aryl methyl sites for hydroxylation is 1. The van der Waals surface area contributed by atoms with Gasteiger partial charge in [0.05, 0.1) is 4.90 Å². The summed E-state index contributed by atoms with van der Waals surface area (Å²) in [5, 5.41) is 0. The highest BCUT2D eigenvalue weighted by molar-refractivity contribution is 7.94. The van der Waals surface area contributed by atoms with E-state index in [1.54, 1.807) is 12.1 Å². The maximum Gasteiger partial charge on any atom is 0.123 e. The monoisotopic (exact) mass is 264 g/mol. The second-order valence-electron chi connectivity index (χ2n) is 3.83. The van der Waals surface area contributed by atoms with Crippen LogP contribution in [-0.2, 0) is 10.0 Å². The first-order valence-electron chi connectivity index (χ1n) is 5.28. The number of hydrogen-bond acceptors (Lipinski definition) is 2. The molecule has 0 aliphatic heterocycles. The molecule has 2 rings (SSSR count). The van der Waals surface area contributed by atoms with Gasteiger partial charge in [0.2, 0.25) is 0 Å². The first-order chi connectivity index (χ1) is 8.49. The molecule has 0 aromatic heterocycles. The fourth-order valence-electron chi connectivity index (χ4n) is 1.42. The molecule has 0 aliphatic rings. The van der Waals surface area contributed by atoms with Crippen LogP contribution in [0.5, 0.6) is 0 Å². The smallest absolute Gasteiger partial charge is 0.123 e. The predicted molar refractivity (Wildman–Crippen MR) is 67.8 cm³/mol. The molecule has 0 amide bonds. The molecule has 0 atom stereocenters. The highest BCUT2D eigenvalue weighted by atomic mass is 32.2. The molecule has 5 heteroatoms. The summed E-state index contributed by atoms with van der Waals surface area (Å²) in [7, 11) is -3.87. The summed E-state index contributed by atoms with van der Waals surface area (Å²) in [5.41, 5.74) is 0.762. The summed E-state index contributed by atoms with van der Waals surface area (Å²) in [4.78, 5) is 0.0522. The van der Waals surface area contributed by atoms with Crippen LogP contribution in [0, 0.1) is 12.7 Å². The summed E-state index contributed by atoms with van der Waals surface area (Å²) in [5.74, 6) is -0.659. The third-order valence-electron chi connectivity index (χ3n) is 2.39. The molecular weight excluding hydrogens is 253 g/mol. The van der Waals surface area contributed by atoms with E-state index in [4.69, 9.17) is 0 Å². The lowest BCUT2D eigenvalue weighted by Crippen LogP contribution is -1.98. The van der Waals surface area contributed by atoms with Gasteiger partial charge in [0.1, 0.15) is 15.8 Å². The lowest BCUT2D eigenvalue weighted by molar-refractivity contribution is 0.601. The Balaban J connectivity index is 2.33. The second-order valence-corrected chi connectivity index (χ2v) is 5.43. The lowest BCUT2D eigenvalue weighted by atomic mass is 10.2. The second kappa shape index (κ2) is 4.78. The van der Waals surface area contributed by atoms with Crippen LogP contribution in [0.15, 0.2) is 53.4 Å². The summed E-state index contributed by atoms with van der Waals surface area (Å²) in [6, 6.07) is 11.8. The molecule has 0 fully saturated rings. The van der Waals surface area contributed by atoms with E-state index in [-0.39, 0.29) is 10.6 Å². The van der Waals surface area contributed by atoms with Gasteiger partial charge in [-0.25, -0.2) is 12.8 Å². The van der Waals surface area contributed by atoms with Crippen LogP contribution >= 0.6 is 0 Å². The van der Waals surface area contributed by atoms with E-state index in [0.29, 0.717) is 0 Å². The maximum atomic E-state index is 13.3.